The lowest BCUT2D eigenvalue weighted by Gasteiger charge is -2.33. The van der Waals surface area contributed by atoms with Crippen molar-refractivity contribution in [2.75, 3.05) is 45.8 Å². The molecular weight excluding hydrogens is 316 g/mol. The van der Waals surface area contributed by atoms with Crippen molar-refractivity contribution in [3.63, 3.8) is 0 Å². The molecule has 0 unspecified atom stereocenters. The maximum Gasteiger partial charge on any atom is 0.251 e. The first-order valence-corrected chi connectivity index (χ1v) is 8.94. The molecule has 25 heavy (non-hydrogen) atoms. The van der Waals surface area contributed by atoms with Crippen LogP contribution in [0.3, 0.4) is 0 Å². The summed E-state index contributed by atoms with van der Waals surface area (Å²) >= 11 is 0. The quantitative estimate of drug-likeness (QED) is 0.761. The molecule has 134 valence electrons. The van der Waals surface area contributed by atoms with Gasteiger partial charge in [-0.3, -0.25) is 4.79 Å². The van der Waals surface area contributed by atoms with Gasteiger partial charge < -0.3 is 15.1 Å². The lowest BCUT2D eigenvalue weighted by atomic mass is 10.2. The molecule has 1 saturated heterocycles. The van der Waals surface area contributed by atoms with Crippen LogP contribution in [0.5, 0.6) is 0 Å². The first-order valence-electron chi connectivity index (χ1n) is 8.94. The molecule has 0 radical (unpaired) electrons. The Kier molecular flexibility index (Phi) is 6.14. The fraction of sp³-hybridized carbons (Fsp3) is 0.500. The summed E-state index contributed by atoms with van der Waals surface area (Å²) in [5.41, 5.74) is 1.48. The van der Waals surface area contributed by atoms with Crippen LogP contribution in [0.2, 0.25) is 0 Å². The summed E-state index contributed by atoms with van der Waals surface area (Å²) in [6.45, 7) is 9.64. The van der Waals surface area contributed by atoms with Gasteiger partial charge in [-0.25, -0.2) is 9.67 Å². The van der Waals surface area contributed by atoms with Crippen LogP contribution in [-0.4, -0.2) is 76.3 Å². The van der Waals surface area contributed by atoms with Crippen LogP contribution in [0.4, 0.5) is 0 Å². The summed E-state index contributed by atoms with van der Waals surface area (Å²) in [7, 11) is 0. The summed E-state index contributed by atoms with van der Waals surface area (Å²) in [5, 5.41) is 7.10. The number of carbonyl (C=O) groups excluding carboxylic acids is 1. The molecular formula is C18H26N6O. The zero-order chi connectivity index (χ0) is 17.5. The largest absolute Gasteiger partial charge is 0.352 e. The molecule has 0 aliphatic carbocycles. The third kappa shape index (κ3) is 4.87. The van der Waals surface area contributed by atoms with Gasteiger partial charge in [0.1, 0.15) is 12.7 Å². The highest BCUT2D eigenvalue weighted by Crippen LogP contribution is 2.09. The molecule has 7 heteroatoms. The Balaban J connectivity index is 1.42. The molecule has 1 aromatic heterocycles. The van der Waals surface area contributed by atoms with Crippen molar-refractivity contribution in [2.45, 2.75) is 13.3 Å². The topological polar surface area (TPSA) is 66.3 Å². The highest BCUT2D eigenvalue weighted by Gasteiger charge is 2.14. The number of aromatic nitrogens is 3. The lowest BCUT2D eigenvalue weighted by Crippen LogP contribution is -2.46. The molecule has 2 aromatic rings. The van der Waals surface area contributed by atoms with E-state index in [1.165, 1.54) is 6.33 Å². The van der Waals surface area contributed by atoms with Gasteiger partial charge in [0, 0.05) is 38.3 Å². The van der Waals surface area contributed by atoms with Crippen molar-refractivity contribution in [1.29, 1.82) is 0 Å². The van der Waals surface area contributed by atoms with Crippen LogP contribution in [0.1, 0.15) is 23.7 Å². The minimum Gasteiger partial charge on any atom is -0.352 e. The van der Waals surface area contributed by atoms with Gasteiger partial charge in [0.25, 0.3) is 5.91 Å². The second kappa shape index (κ2) is 8.73. The molecule has 1 aromatic carbocycles. The number of rotatable bonds is 7. The second-order valence-corrected chi connectivity index (χ2v) is 6.28. The molecule has 0 saturated carbocycles. The fourth-order valence-corrected chi connectivity index (χ4v) is 3.07. The molecule has 1 aliphatic heterocycles. The number of nitrogens with zero attached hydrogens (tertiary/aromatic N) is 5. The Morgan fingerprint density at radius 3 is 2.72 bits per heavy atom. The molecule has 1 amide bonds. The summed E-state index contributed by atoms with van der Waals surface area (Å²) in [4.78, 5) is 21.2. The number of carbonyl (C=O) groups is 1. The fourth-order valence-electron chi connectivity index (χ4n) is 3.07. The SMILES string of the molecule is CCN1CCN(CCCNC(=O)c2cccc(-n3cncn3)c2)CC1. The highest BCUT2D eigenvalue weighted by molar-refractivity contribution is 5.94. The van der Waals surface area contributed by atoms with E-state index in [0.717, 1.165) is 51.4 Å². The lowest BCUT2D eigenvalue weighted by molar-refractivity contribution is 0.0948. The Morgan fingerprint density at radius 2 is 2.00 bits per heavy atom. The van der Waals surface area contributed by atoms with Gasteiger partial charge in [0.15, 0.2) is 0 Å². The van der Waals surface area contributed by atoms with Gasteiger partial charge in [0.2, 0.25) is 0 Å². The second-order valence-electron chi connectivity index (χ2n) is 6.28. The van der Waals surface area contributed by atoms with Crippen molar-refractivity contribution < 1.29 is 4.79 Å². The summed E-state index contributed by atoms with van der Waals surface area (Å²) in [6, 6.07) is 7.41. The van der Waals surface area contributed by atoms with Gasteiger partial charge in [0.05, 0.1) is 5.69 Å². The van der Waals surface area contributed by atoms with Crippen molar-refractivity contribution in [1.82, 2.24) is 29.9 Å². The van der Waals surface area contributed by atoms with Crippen LogP contribution in [0.15, 0.2) is 36.9 Å². The number of amides is 1. The highest BCUT2D eigenvalue weighted by atomic mass is 16.1. The molecule has 0 bridgehead atoms. The number of likely N-dealkylation sites (N-methyl/N-ethyl adjacent to an activating group) is 1. The van der Waals surface area contributed by atoms with Crippen molar-refractivity contribution in [3.8, 4) is 5.69 Å². The number of piperazine rings is 1. The molecule has 1 aliphatic rings. The molecule has 0 spiro atoms. The molecule has 1 N–H and O–H groups in total. The maximum absolute atomic E-state index is 12.3. The number of nitrogens with one attached hydrogen (secondary N) is 1. The van der Waals surface area contributed by atoms with E-state index < -0.39 is 0 Å². The minimum absolute atomic E-state index is 0.0437. The van der Waals surface area contributed by atoms with Gasteiger partial charge in [-0.2, -0.15) is 5.10 Å². The third-order valence-electron chi connectivity index (χ3n) is 4.64. The average molecular weight is 342 g/mol. The van der Waals surface area contributed by atoms with Crippen molar-refractivity contribution >= 4 is 5.91 Å². The van der Waals surface area contributed by atoms with Gasteiger partial charge in [-0.15, -0.1) is 0 Å². The normalized spacial score (nSPS) is 16.0. The van der Waals surface area contributed by atoms with Crippen LogP contribution < -0.4 is 5.32 Å². The predicted octanol–water partition coefficient (Wildman–Crippen LogP) is 1.02. The van der Waals surface area contributed by atoms with E-state index in [0.29, 0.717) is 12.1 Å². The summed E-state index contributed by atoms with van der Waals surface area (Å²) < 4.78 is 1.65. The van der Waals surface area contributed by atoms with E-state index in [1.54, 1.807) is 11.0 Å². The standard InChI is InChI=1S/C18H26N6O/c1-2-22-9-11-23(12-10-22)8-4-7-20-18(25)16-5-3-6-17(13-16)24-15-19-14-21-24/h3,5-6,13-15H,2,4,7-12H2,1H3,(H,20,25). The van der Waals surface area contributed by atoms with Crippen LogP contribution >= 0.6 is 0 Å². The van der Waals surface area contributed by atoms with E-state index in [2.05, 4.69) is 32.1 Å². The molecule has 1 fully saturated rings. The third-order valence-corrected chi connectivity index (χ3v) is 4.64. The zero-order valence-electron chi connectivity index (χ0n) is 14.8. The Hall–Kier alpha value is -2.25. The molecule has 3 rings (SSSR count). The van der Waals surface area contributed by atoms with Crippen molar-refractivity contribution in [3.05, 3.63) is 42.5 Å². The summed E-state index contributed by atoms with van der Waals surface area (Å²) in [6.07, 6.45) is 4.07. The smallest absolute Gasteiger partial charge is 0.251 e. The van der Waals surface area contributed by atoms with E-state index in [-0.39, 0.29) is 5.91 Å². The van der Waals surface area contributed by atoms with Gasteiger partial charge in [-0.05, 0) is 37.7 Å². The zero-order valence-corrected chi connectivity index (χ0v) is 14.8. The molecule has 7 nitrogen and oxygen atoms in total. The Morgan fingerprint density at radius 1 is 1.20 bits per heavy atom. The maximum atomic E-state index is 12.3. The van der Waals surface area contributed by atoms with Crippen LogP contribution in [-0.2, 0) is 0 Å². The van der Waals surface area contributed by atoms with E-state index >= 15 is 0 Å². The van der Waals surface area contributed by atoms with E-state index in [9.17, 15) is 4.79 Å². The van der Waals surface area contributed by atoms with Crippen LogP contribution in [0.25, 0.3) is 5.69 Å². The van der Waals surface area contributed by atoms with Crippen molar-refractivity contribution in [2.24, 2.45) is 0 Å². The Labute approximate surface area is 148 Å². The van der Waals surface area contributed by atoms with E-state index in [1.807, 2.05) is 24.3 Å². The predicted molar refractivity (Wildman–Crippen MR) is 96.9 cm³/mol. The number of hydrogen-bond acceptors (Lipinski definition) is 5. The first-order chi connectivity index (χ1) is 12.3. The van der Waals surface area contributed by atoms with Crippen LogP contribution in [0, 0.1) is 0 Å². The number of hydrogen-bond donors (Lipinski definition) is 1. The van der Waals surface area contributed by atoms with Gasteiger partial charge >= 0.3 is 0 Å². The summed E-state index contributed by atoms with van der Waals surface area (Å²) in [5.74, 6) is -0.0437. The average Bonchev–Trinajstić information content (AvgIpc) is 3.20. The first kappa shape index (κ1) is 17.6. The molecule has 0 atom stereocenters. The number of benzene rings is 1. The minimum atomic E-state index is -0.0437. The molecule has 2 heterocycles. The Bertz CT molecular complexity index is 664. The van der Waals surface area contributed by atoms with E-state index in [4.69, 9.17) is 0 Å². The monoisotopic (exact) mass is 342 g/mol. The van der Waals surface area contributed by atoms with Gasteiger partial charge in [-0.1, -0.05) is 13.0 Å².